The van der Waals surface area contributed by atoms with Gasteiger partial charge in [0.25, 0.3) is 0 Å². The Hall–Kier alpha value is -2.03. The Morgan fingerprint density at radius 1 is 0.441 bits per heavy atom. The van der Waals surface area contributed by atoms with E-state index in [0.29, 0.717) is 17.4 Å². The fraction of sp³-hybridized carbons (Fsp3) is 0.804. The molecular weight excluding hydrogens is 721 g/mol. The molecule has 0 N–H and O–H groups in total. The van der Waals surface area contributed by atoms with Crippen molar-refractivity contribution in [2.75, 3.05) is 13.2 Å². The highest BCUT2D eigenvalue weighted by atomic mass is 16.6. The van der Waals surface area contributed by atoms with E-state index in [1.54, 1.807) is 0 Å². The van der Waals surface area contributed by atoms with Crippen LogP contribution in [0.3, 0.4) is 0 Å². The van der Waals surface area contributed by atoms with Gasteiger partial charge in [0.05, 0.1) is 5.41 Å². The second kappa shape index (κ2) is 24.0. The number of hydrogen-bond acceptors (Lipinski definition) is 3. The molecule has 340 valence electrons. The van der Waals surface area contributed by atoms with E-state index in [-0.39, 0.29) is 34.2 Å². The predicted octanol–water partition coefficient (Wildman–Crippen LogP) is 18.2. The molecule has 3 nitrogen and oxygen atoms in total. The van der Waals surface area contributed by atoms with E-state index < -0.39 is 5.41 Å². The zero-order chi connectivity index (χ0) is 44.4. The van der Waals surface area contributed by atoms with E-state index in [4.69, 9.17) is 9.47 Å². The van der Waals surface area contributed by atoms with Gasteiger partial charge in [-0.1, -0.05) is 211 Å². The number of ether oxygens (including phenoxy) is 2. The summed E-state index contributed by atoms with van der Waals surface area (Å²) in [5.41, 5.74) is 0.694. The lowest BCUT2D eigenvalue weighted by Crippen LogP contribution is -2.47. The number of hydrogen-bond donors (Lipinski definition) is 0. The van der Waals surface area contributed by atoms with Crippen molar-refractivity contribution in [3.63, 3.8) is 0 Å². The van der Waals surface area contributed by atoms with Crippen molar-refractivity contribution in [2.45, 2.75) is 239 Å². The zero-order valence-electron chi connectivity index (χ0n) is 42.0. The van der Waals surface area contributed by atoms with Gasteiger partial charge in [-0.3, -0.25) is 4.79 Å². The largest absolute Gasteiger partial charge is 0.490 e. The minimum atomic E-state index is -0.599. The molecule has 3 heteroatoms. The third-order valence-corrected chi connectivity index (χ3v) is 17.9. The Morgan fingerprint density at radius 3 is 1.27 bits per heavy atom. The van der Waals surface area contributed by atoms with E-state index in [0.717, 1.165) is 24.0 Å². The zero-order valence-corrected chi connectivity index (χ0v) is 42.0. The maximum absolute atomic E-state index is 14.8. The van der Waals surface area contributed by atoms with Gasteiger partial charge in [0.2, 0.25) is 0 Å². The standard InChI is InChI=1S/C56H98O3/c1-16-36-54(27-12,28-13)44-55(29-14,41-51(18-3,19-4)20-5)45-56(42-52(21-6,22-7)23-8,43-53(24-9,25-10)26-11)40-50(15,17-2)49(57)59-38-37-58-48-35-34-46-32-30-31-33-47(46)39-48/h30-35,39H,16-29,36-38,40-45H2,1-15H3. The van der Waals surface area contributed by atoms with Gasteiger partial charge < -0.3 is 9.47 Å². The van der Waals surface area contributed by atoms with E-state index in [9.17, 15) is 4.79 Å². The van der Waals surface area contributed by atoms with Crippen LogP contribution in [0.5, 0.6) is 5.75 Å². The molecule has 0 saturated carbocycles. The molecule has 0 aliphatic heterocycles. The molecule has 0 aliphatic carbocycles. The van der Waals surface area contributed by atoms with Crippen molar-refractivity contribution in [1.82, 2.24) is 0 Å². The highest BCUT2D eigenvalue weighted by molar-refractivity contribution is 5.83. The highest BCUT2D eigenvalue weighted by Gasteiger charge is 2.54. The quantitative estimate of drug-likeness (QED) is 0.0545. The summed E-state index contributed by atoms with van der Waals surface area (Å²) in [7, 11) is 0. The van der Waals surface area contributed by atoms with Crippen LogP contribution >= 0.6 is 0 Å². The molecule has 0 fully saturated rings. The van der Waals surface area contributed by atoms with E-state index in [1.165, 1.54) is 127 Å². The number of rotatable bonds is 32. The molecule has 2 rings (SSSR count). The van der Waals surface area contributed by atoms with Gasteiger partial charge in [-0.05, 0) is 114 Å². The highest BCUT2D eigenvalue weighted by Crippen LogP contribution is 2.64. The first kappa shape index (κ1) is 53.1. The van der Waals surface area contributed by atoms with E-state index in [2.05, 4.69) is 140 Å². The van der Waals surface area contributed by atoms with Crippen LogP contribution in [0.25, 0.3) is 10.8 Å². The maximum atomic E-state index is 14.8. The van der Waals surface area contributed by atoms with Crippen molar-refractivity contribution in [3.8, 4) is 5.75 Å². The number of carbonyl (C=O) groups is 1. The second-order valence-corrected chi connectivity index (χ2v) is 20.5. The van der Waals surface area contributed by atoms with Crippen LogP contribution in [0.1, 0.15) is 239 Å². The average molecular weight is 819 g/mol. The van der Waals surface area contributed by atoms with Crippen LogP contribution in [-0.4, -0.2) is 19.2 Å². The summed E-state index contributed by atoms with van der Waals surface area (Å²) in [6.45, 7) is 37.2. The molecule has 0 saturated heterocycles. The summed E-state index contributed by atoms with van der Waals surface area (Å²) in [6.07, 6.45) is 24.9. The van der Waals surface area contributed by atoms with Gasteiger partial charge in [0.15, 0.2) is 0 Å². The summed E-state index contributed by atoms with van der Waals surface area (Å²) >= 11 is 0. The predicted molar refractivity (Wildman–Crippen MR) is 259 cm³/mol. The van der Waals surface area contributed by atoms with Gasteiger partial charge in [0, 0.05) is 0 Å². The summed E-state index contributed by atoms with van der Waals surface area (Å²) in [6, 6.07) is 14.6. The lowest BCUT2D eigenvalue weighted by Gasteiger charge is -2.57. The molecule has 0 radical (unpaired) electrons. The lowest BCUT2D eigenvalue weighted by molar-refractivity contribution is -0.161. The SMILES string of the molecule is CCCC(CC)(CC)CC(CC)(CC(CC)(CC)CC)CC(CC(CC)(CC)CC)(CC(CC)(CC)CC)CC(C)(CC)C(=O)OCCOc1ccc2ccccc2c1. The number of fused-ring (bicyclic) bond motifs is 1. The molecule has 2 aromatic carbocycles. The molecule has 59 heavy (non-hydrogen) atoms. The first-order chi connectivity index (χ1) is 28.1. The molecule has 0 spiro atoms. The maximum Gasteiger partial charge on any atom is 0.311 e. The first-order valence-electron chi connectivity index (χ1n) is 25.3. The Kier molecular flexibility index (Phi) is 21.6. The third-order valence-electron chi connectivity index (χ3n) is 17.9. The van der Waals surface area contributed by atoms with Crippen LogP contribution in [0, 0.1) is 37.9 Å². The Labute approximate surface area is 367 Å². The van der Waals surface area contributed by atoms with Crippen molar-refractivity contribution < 1.29 is 14.3 Å². The minimum absolute atomic E-state index is 0.0220. The Morgan fingerprint density at radius 2 is 0.847 bits per heavy atom. The summed E-state index contributed by atoms with van der Waals surface area (Å²) < 4.78 is 12.5. The molecule has 0 amide bonds. The molecule has 2 atom stereocenters. The molecule has 2 unspecified atom stereocenters. The van der Waals surface area contributed by atoms with Crippen LogP contribution in [0.4, 0.5) is 0 Å². The smallest absolute Gasteiger partial charge is 0.311 e. The van der Waals surface area contributed by atoms with Gasteiger partial charge in [-0.15, -0.1) is 0 Å². The van der Waals surface area contributed by atoms with E-state index >= 15 is 0 Å². The van der Waals surface area contributed by atoms with Gasteiger partial charge in [-0.2, -0.15) is 0 Å². The normalized spacial score (nSPS) is 15.2. The van der Waals surface area contributed by atoms with Crippen LogP contribution in [0.15, 0.2) is 42.5 Å². The van der Waals surface area contributed by atoms with E-state index in [1.807, 2.05) is 6.07 Å². The fourth-order valence-corrected chi connectivity index (χ4v) is 12.7. The van der Waals surface area contributed by atoms with Crippen molar-refractivity contribution >= 4 is 16.7 Å². The van der Waals surface area contributed by atoms with Crippen molar-refractivity contribution in [3.05, 3.63) is 42.5 Å². The molecule has 0 bridgehead atoms. The molecule has 0 aliphatic rings. The molecular formula is C56H98O3. The number of carbonyl (C=O) groups excluding carboxylic acids is 1. The summed E-state index contributed by atoms with van der Waals surface area (Å²) in [5.74, 6) is 0.782. The monoisotopic (exact) mass is 819 g/mol. The van der Waals surface area contributed by atoms with Gasteiger partial charge in [0.1, 0.15) is 19.0 Å². The lowest BCUT2D eigenvalue weighted by atomic mass is 9.48. The minimum Gasteiger partial charge on any atom is -0.490 e. The molecule has 0 aromatic heterocycles. The fourth-order valence-electron chi connectivity index (χ4n) is 12.7. The third kappa shape index (κ3) is 13.5. The first-order valence-corrected chi connectivity index (χ1v) is 25.3. The van der Waals surface area contributed by atoms with Crippen molar-refractivity contribution in [1.29, 1.82) is 0 Å². The van der Waals surface area contributed by atoms with Crippen LogP contribution < -0.4 is 4.74 Å². The van der Waals surface area contributed by atoms with Crippen LogP contribution in [-0.2, 0) is 9.53 Å². The van der Waals surface area contributed by atoms with Gasteiger partial charge >= 0.3 is 5.97 Å². The van der Waals surface area contributed by atoms with Gasteiger partial charge in [-0.25, -0.2) is 0 Å². The Balaban J connectivity index is 2.86. The van der Waals surface area contributed by atoms with Crippen molar-refractivity contribution in [2.24, 2.45) is 37.9 Å². The second-order valence-electron chi connectivity index (χ2n) is 20.5. The molecule has 0 heterocycles. The number of esters is 1. The summed E-state index contributed by atoms with van der Waals surface area (Å²) in [5, 5.41) is 2.35. The van der Waals surface area contributed by atoms with Crippen LogP contribution in [0.2, 0.25) is 0 Å². The average Bonchev–Trinajstić information content (AvgIpc) is 3.27. The number of benzene rings is 2. The summed E-state index contributed by atoms with van der Waals surface area (Å²) in [4.78, 5) is 14.8. The molecule has 2 aromatic rings. The Bertz CT molecular complexity index is 1430. The topological polar surface area (TPSA) is 35.5 Å².